The van der Waals surface area contributed by atoms with Crippen molar-refractivity contribution in [2.24, 2.45) is 0 Å². The third-order valence-electron chi connectivity index (χ3n) is 2.08. The fraction of sp³-hybridized carbons (Fsp3) is 0.222. The average molecular weight is 245 g/mol. The van der Waals surface area contributed by atoms with Gasteiger partial charge in [-0.3, -0.25) is 10.1 Å². The molecule has 0 aliphatic heterocycles. The SMILES string of the molecule is O=C(O)C(O)C(O)c1cccc([N+](=O)[O-])c1F. The average Bonchev–Trinajstić information content (AvgIpc) is 2.26. The summed E-state index contributed by atoms with van der Waals surface area (Å²) >= 11 is 0. The second kappa shape index (κ2) is 4.85. The molecule has 1 aromatic carbocycles. The first-order valence-electron chi connectivity index (χ1n) is 4.38. The maximum atomic E-state index is 13.5. The number of carboxylic acids is 1. The van der Waals surface area contributed by atoms with Crippen molar-refractivity contribution in [2.75, 3.05) is 0 Å². The van der Waals surface area contributed by atoms with Crippen LogP contribution in [-0.4, -0.2) is 32.3 Å². The van der Waals surface area contributed by atoms with E-state index < -0.39 is 40.2 Å². The number of halogens is 1. The molecular weight excluding hydrogens is 237 g/mol. The normalized spacial score (nSPS) is 14.1. The van der Waals surface area contributed by atoms with Crippen LogP contribution in [0.15, 0.2) is 18.2 Å². The van der Waals surface area contributed by atoms with E-state index in [4.69, 9.17) is 10.2 Å². The molecule has 0 fully saturated rings. The summed E-state index contributed by atoms with van der Waals surface area (Å²) in [7, 11) is 0. The van der Waals surface area contributed by atoms with Gasteiger partial charge >= 0.3 is 11.7 Å². The van der Waals surface area contributed by atoms with Crippen molar-refractivity contribution >= 4 is 11.7 Å². The molecule has 0 aromatic heterocycles. The summed E-state index contributed by atoms with van der Waals surface area (Å²) in [6.07, 6.45) is -4.33. The Hall–Kier alpha value is -2.06. The van der Waals surface area contributed by atoms with E-state index in [-0.39, 0.29) is 0 Å². The van der Waals surface area contributed by atoms with Crippen LogP contribution in [0.2, 0.25) is 0 Å². The number of benzene rings is 1. The fourth-order valence-electron chi connectivity index (χ4n) is 1.21. The van der Waals surface area contributed by atoms with E-state index >= 15 is 0 Å². The zero-order chi connectivity index (χ0) is 13.2. The van der Waals surface area contributed by atoms with Crippen molar-refractivity contribution in [3.05, 3.63) is 39.7 Å². The molecule has 0 aliphatic rings. The molecule has 3 N–H and O–H groups in total. The minimum atomic E-state index is -2.26. The quantitative estimate of drug-likeness (QED) is 0.515. The number of aliphatic hydroxyl groups excluding tert-OH is 2. The van der Waals surface area contributed by atoms with Gasteiger partial charge in [-0.15, -0.1) is 0 Å². The van der Waals surface area contributed by atoms with Crippen LogP contribution in [0.4, 0.5) is 10.1 Å². The number of carboxylic acid groups (broad SMARTS) is 1. The lowest BCUT2D eigenvalue weighted by Crippen LogP contribution is -2.28. The van der Waals surface area contributed by atoms with Gasteiger partial charge in [0.25, 0.3) is 0 Å². The molecule has 2 unspecified atom stereocenters. The lowest BCUT2D eigenvalue weighted by atomic mass is 10.0. The van der Waals surface area contributed by atoms with Gasteiger partial charge in [0.05, 0.1) is 4.92 Å². The summed E-state index contributed by atoms with van der Waals surface area (Å²) < 4.78 is 13.5. The van der Waals surface area contributed by atoms with Crippen LogP contribution in [-0.2, 0) is 4.79 Å². The summed E-state index contributed by atoms with van der Waals surface area (Å²) in [4.78, 5) is 19.8. The van der Waals surface area contributed by atoms with Crippen molar-refractivity contribution in [3.8, 4) is 0 Å². The molecule has 2 atom stereocenters. The minimum absolute atomic E-state index is 0.644. The molecule has 8 heteroatoms. The van der Waals surface area contributed by atoms with Crippen molar-refractivity contribution in [2.45, 2.75) is 12.2 Å². The Morgan fingerprint density at radius 1 is 1.41 bits per heavy atom. The zero-order valence-corrected chi connectivity index (χ0v) is 8.28. The van der Waals surface area contributed by atoms with E-state index in [1.165, 1.54) is 0 Å². The van der Waals surface area contributed by atoms with Crippen LogP contribution in [0, 0.1) is 15.9 Å². The molecule has 0 bridgehead atoms. The van der Waals surface area contributed by atoms with Crippen LogP contribution in [0.5, 0.6) is 0 Å². The standard InChI is InChI=1S/C9H8FNO6/c10-6-4(7(12)8(13)9(14)15)2-1-3-5(6)11(16)17/h1-3,7-8,12-13H,(H,14,15). The number of aliphatic carboxylic acids is 1. The van der Waals surface area contributed by atoms with E-state index in [9.17, 15) is 24.4 Å². The number of nitro groups is 1. The predicted octanol–water partition coefficient (Wildman–Crippen LogP) is 0.213. The summed E-state index contributed by atoms with van der Waals surface area (Å²) in [5, 5.41) is 37.2. The van der Waals surface area contributed by atoms with Crippen LogP contribution in [0.1, 0.15) is 11.7 Å². The third kappa shape index (κ3) is 2.55. The van der Waals surface area contributed by atoms with E-state index in [1.54, 1.807) is 0 Å². The summed E-state index contributed by atoms with van der Waals surface area (Å²) in [5.41, 5.74) is -1.55. The third-order valence-corrected chi connectivity index (χ3v) is 2.08. The zero-order valence-electron chi connectivity index (χ0n) is 8.28. The van der Waals surface area contributed by atoms with Crippen molar-refractivity contribution in [1.82, 2.24) is 0 Å². The van der Waals surface area contributed by atoms with Crippen LogP contribution >= 0.6 is 0 Å². The van der Waals surface area contributed by atoms with Gasteiger partial charge in [0.15, 0.2) is 6.10 Å². The van der Waals surface area contributed by atoms with Gasteiger partial charge in [-0.25, -0.2) is 4.79 Å². The second-order valence-electron chi connectivity index (χ2n) is 3.17. The number of aliphatic hydroxyl groups is 2. The maximum Gasteiger partial charge on any atom is 0.335 e. The molecule has 92 valence electrons. The Morgan fingerprint density at radius 2 is 2.00 bits per heavy atom. The van der Waals surface area contributed by atoms with Gasteiger partial charge in [0.1, 0.15) is 6.10 Å². The number of nitro benzene ring substituents is 1. The molecule has 0 aliphatic carbocycles. The van der Waals surface area contributed by atoms with Crippen molar-refractivity contribution in [1.29, 1.82) is 0 Å². The molecule has 0 heterocycles. The number of nitrogens with zero attached hydrogens (tertiary/aromatic N) is 1. The monoisotopic (exact) mass is 245 g/mol. The van der Waals surface area contributed by atoms with Gasteiger partial charge in [-0.05, 0) is 0 Å². The van der Waals surface area contributed by atoms with Gasteiger partial charge in [0, 0.05) is 11.6 Å². The summed E-state index contributed by atoms with van der Waals surface area (Å²) in [6.45, 7) is 0. The molecule has 0 saturated carbocycles. The molecular formula is C9H8FNO6. The van der Waals surface area contributed by atoms with E-state index in [0.717, 1.165) is 18.2 Å². The summed E-state index contributed by atoms with van der Waals surface area (Å²) in [6, 6.07) is 2.90. The van der Waals surface area contributed by atoms with Gasteiger partial charge < -0.3 is 15.3 Å². The second-order valence-corrected chi connectivity index (χ2v) is 3.17. The van der Waals surface area contributed by atoms with Crippen LogP contribution < -0.4 is 0 Å². The largest absolute Gasteiger partial charge is 0.479 e. The predicted molar refractivity (Wildman–Crippen MR) is 51.7 cm³/mol. The number of rotatable bonds is 4. The van der Waals surface area contributed by atoms with E-state index in [0.29, 0.717) is 0 Å². The van der Waals surface area contributed by atoms with Crippen molar-refractivity contribution < 1.29 is 29.4 Å². The molecule has 0 saturated heterocycles. The highest BCUT2D eigenvalue weighted by atomic mass is 19.1. The number of hydrogen-bond donors (Lipinski definition) is 3. The first kappa shape index (κ1) is 13.0. The molecule has 7 nitrogen and oxygen atoms in total. The molecule has 0 spiro atoms. The lowest BCUT2D eigenvalue weighted by molar-refractivity contribution is -0.387. The Labute approximate surface area is 93.9 Å². The fourth-order valence-corrected chi connectivity index (χ4v) is 1.21. The number of carbonyl (C=O) groups is 1. The summed E-state index contributed by atoms with van der Waals surface area (Å²) in [5.74, 6) is -3.13. The molecule has 17 heavy (non-hydrogen) atoms. The topological polar surface area (TPSA) is 121 Å². The Morgan fingerprint density at radius 3 is 2.47 bits per heavy atom. The maximum absolute atomic E-state index is 13.5. The molecule has 0 amide bonds. The van der Waals surface area contributed by atoms with Crippen LogP contribution in [0.25, 0.3) is 0 Å². The van der Waals surface area contributed by atoms with Crippen molar-refractivity contribution in [3.63, 3.8) is 0 Å². The van der Waals surface area contributed by atoms with E-state index in [2.05, 4.69) is 0 Å². The smallest absolute Gasteiger partial charge is 0.335 e. The highest BCUT2D eigenvalue weighted by Gasteiger charge is 2.30. The van der Waals surface area contributed by atoms with Crippen LogP contribution in [0.3, 0.4) is 0 Å². The Balaban J connectivity index is 3.19. The first-order valence-corrected chi connectivity index (χ1v) is 4.38. The van der Waals surface area contributed by atoms with Gasteiger partial charge in [-0.2, -0.15) is 4.39 Å². The van der Waals surface area contributed by atoms with Gasteiger partial charge in [0.2, 0.25) is 5.82 Å². The molecule has 0 radical (unpaired) electrons. The lowest BCUT2D eigenvalue weighted by Gasteiger charge is -2.14. The molecule has 1 aromatic rings. The van der Waals surface area contributed by atoms with Gasteiger partial charge in [-0.1, -0.05) is 12.1 Å². The number of hydrogen-bond acceptors (Lipinski definition) is 5. The minimum Gasteiger partial charge on any atom is -0.479 e. The highest BCUT2D eigenvalue weighted by molar-refractivity contribution is 5.73. The highest BCUT2D eigenvalue weighted by Crippen LogP contribution is 2.26. The Bertz CT molecular complexity index is 463. The Kier molecular flexibility index (Phi) is 3.71. The first-order chi connectivity index (χ1) is 7.86. The molecule has 1 rings (SSSR count). The van der Waals surface area contributed by atoms with E-state index in [1.807, 2.05) is 0 Å².